The van der Waals surface area contributed by atoms with Crippen molar-refractivity contribution < 1.29 is 0 Å². The monoisotopic (exact) mass is 314 g/mol. The van der Waals surface area contributed by atoms with E-state index in [9.17, 15) is 0 Å². The predicted octanol–water partition coefficient (Wildman–Crippen LogP) is 5.54. The van der Waals surface area contributed by atoms with Gasteiger partial charge < -0.3 is 0 Å². The highest BCUT2D eigenvalue weighted by Crippen LogP contribution is 2.32. The molecule has 2 nitrogen and oxygen atoms in total. The Morgan fingerprint density at radius 3 is 2.05 bits per heavy atom. The summed E-state index contributed by atoms with van der Waals surface area (Å²) in [6, 6.07) is 5.53. The van der Waals surface area contributed by atoms with Gasteiger partial charge >= 0.3 is 0 Å². The fraction of sp³-hybridized carbons (Fsp3) is 0.286. The molecule has 0 aliphatic carbocycles. The van der Waals surface area contributed by atoms with E-state index in [0.717, 1.165) is 16.7 Å². The molecule has 0 aliphatic rings. The molecule has 0 atom stereocenters. The Kier molecular flexibility index (Phi) is 4.34. The van der Waals surface area contributed by atoms with Gasteiger partial charge in [0, 0.05) is 16.1 Å². The van der Waals surface area contributed by atoms with Crippen molar-refractivity contribution in [1.82, 2.24) is 9.97 Å². The maximum atomic E-state index is 6.20. The minimum Gasteiger partial charge on any atom is -0.216 e. The fourth-order valence-corrected chi connectivity index (χ4v) is 2.94. The first kappa shape index (κ1) is 14.6. The molecule has 5 heteroatoms. The average molecular weight is 316 g/mol. The SMILES string of the molecule is Cc1cc(Cl)ccc1-c1nc(Cl)c(C(C)C)c(Cl)n1. The van der Waals surface area contributed by atoms with E-state index in [-0.39, 0.29) is 5.92 Å². The number of rotatable bonds is 2. The van der Waals surface area contributed by atoms with Gasteiger partial charge in [0.05, 0.1) is 0 Å². The van der Waals surface area contributed by atoms with Gasteiger partial charge in [0.2, 0.25) is 0 Å². The zero-order valence-electron chi connectivity index (χ0n) is 10.8. The number of hydrogen-bond acceptors (Lipinski definition) is 2. The zero-order chi connectivity index (χ0) is 14.2. The first-order chi connectivity index (χ1) is 8.90. The molecule has 0 amide bonds. The molecule has 0 bridgehead atoms. The van der Waals surface area contributed by atoms with E-state index in [1.807, 2.05) is 32.9 Å². The highest BCUT2D eigenvalue weighted by Gasteiger charge is 2.16. The standard InChI is InChI=1S/C14H13Cl3N2/c1-7(2)11-12(16)18-14(19-13(11)17)10-5-4-9(15)6-8(10)3/h4-7H,1-3H3. The molecule has 1 aromatic carbocycles. The van der Waals surface area contributed by atoms with Gasteiger partial charge in [-0.15, -0.1) is 0 Å². The third-order valence-corrected chi connectivity index (χ3v) is 3.67. The maximum absolute atomic E-state index is 6.20. The maximum Gasteiger partial charge on any atom is 0.162 e. The Balaban J connectivity index is 2.58. The van der Waals surface area contributed by atoms with Crippen LogP contribution in [-0.2, 0) is 0 Å². The highest BCUT2D eigenvalue weighted by atomic mass is 35.5. The van der Waals surface area contributed by atoms with Crippen LogP contribution in [0.25, 0.3) is 11.4 Å². The number of aryl methyl sites for hydroxylation is 1. The summed E-state index contributed by atoms with van der Waals surface area (Å²) < 4.78 is 0. The summed E-state index contributed by atoms with van der Waals surface area (Å²) in [5.41, 5.74) is 2.64. The summed E-state index contributed by atoms with van der Waals surface area (Å²) in [6.45, 7) is 5.95. The van der Waals surface area contributed by atoms with Gasteiger partial charge in [0.25, 0.3) is 0 Å². The van der Waals surface area contributed by atoms with Crippen LogP contribution >= 0.6 is 34.8 Å². The molecule has 0 saturated heterocycles. The fourth-order valence-electron chi connectivity index (χ4n) is 1.89. The van der Waals surface area contributed by atoms with Crippen molar-refractivity contribution in [3.8, 4) is 11.4 Å². The molecule has 0 fully saturated rings. The van der Waals surface area contributed by atoms with Gasteiger partial charge in [-0.05, 0) is 36.6 Å². The number of halogens is 3. The van der Waals surface area contributed by atoms with Gasteiger partial charge in [0.1, 0.15) is 10.3 Å². The summed E-state index contributed by atoms with van der Waals surface area (Å²) in [7, 11) is 0. The Morgan fingerprint density at radius 2 is 1.58 bits per heavy atom. The third-order valence-electron chi connectivity index (χ3n) is 2.86. The van der Waals surface area contributed by atoms with Crippen LogP contribution in [0.3, 0.4) is 0 Å². The van der Waals surface area contributed by atoms with Crippen LogP contribution in [-0.4, -0.2) is 9.97 Å². The Hall–Kier alpha value is -0.830. The number of hydrogen-bond donors (Lipinski definition) is 0. The lowest BCUT2D eigenvalue weighted by Gasteiger charge is -2.12. The summed E-state index contributed by atoms with van der Waals surface area (Å²) in [4.78, 5) is 8.69. The smallest absolute Gasteiger partial charge is 0.162 e. The van der Waals surface area contributed by atoms with Crippen molar-refractivity contribution in [2.75, 3.05) is 0 Å². The lowest BCUT2D eigenvalue weighted by atomic mass is 10.1. The van der Waals surface area contributed by atoms with Crippen molar-refractivity contribution in [3.63, 3.8) is 0 Å². The van der Waals surface area contributed by atoms with Crippen LogP contribution in [0.5, 0.6) is 0 Å². The lowest BCUT2D eigenvalue weighted by Crippen LogP contribution is -2.00. The van der Waals surface area contributed by atoms with E-state index in [0.29, 0.717) is 21.2 Å². The van der Waals surface area contributed by atoms with E-state index in [2.05, 4.69) is 9.97 Å². The zero-order valence-corrected chi connectivity index (χ0v) is 13.1. The molecule has 0 radical (unpaired) electrons. The quantitative estimate of drug-likeness (QED) is 0.680. The molecular weight excluding hydrogens is 303 g/mol. The van der Waals surface area contributed by atoms with Crippen molar-refractivity contribution in [1.29, 1.82) is 0 Å². The van der Waals surface area contributed by atoms with Crippen LogP contribution < -0.4 is 0 Å². The van der Waals surface area contributed by atoms with Gasteiger partial charge in [-0.1, -0.05) is 48.7 Å². The molecule has 0 spiro atoms. The number of benzene rings is 1. The molecule has 1 aromatic heterocycles. The van der Waals surface area contributed by atoms with E-state index >= 15 is 0 Å². The third kappa shape index (κ3) is 3.02. The van der Waals surface area contributed by atoms with E-state index < -0.39 is 0 Å². The van der Waals surface area contributed by atoms with E-state index in [4.69, 9.17) is 34.8 Å². The number of nitrogens with zero attached hydrogens (tertiary/aromatic N) is 2. The molecule has 0 N–H and O–H groups in total. The van der Waals surface area contributed by atoms with Crippen LogP contribution in [0.1, 0.15) is 30.9 Å². The second-order valence-electron chi connectivity index (χ2n) is 4.66. The average Bonchev–Trinajstić information content (AvgIpc) is 2.26. The highest BCUT2D eigenvalue weighted by molar-refractivity contribution is 6.34. The summed E-state index contributed by atoms with van der Waals surface area (Å²) in [5.74, 6) is 0.703. The van der Waals surface area contributed by atoms with Gasteiger partial charge in [-0.3, -0.25) is 0 Å². The Bertz CT molecular complexity index is 601. The number of aromatic nitrogens is 2. The minimum atomic E-state index is 0.181. The van der Waals surface area contributed by atoms with Crippen LogP contribution in [0.2, 0.25) is 15.3 Å². The molecule has 0 unspecified atom stereocenters. The summed E-state index contributed by atoms with van der Waals surface area (Å²) >= 11 is 18.3. The molecule has 1 heterocycles. The molecular formula is C14H13Cl3N2. The molecule has 19 heavy (non-hydrogen) atoms. The normalized spacial score (nSPS) is 11.1. The Labute approximate surface area is 127 Å². The predicted molar refractivity (Wildman–Crippen MR) is 81.3 cm³/mol. The van der Waals surface area contributed by atoms with E-state index in [1.54, 1.807) is 6.07 Å². The second-order valence-corrected chi connectivity index (χ2v) is 5.81. The second kappa shape index (κ2) is 5.66. The topological polar surface area (TPSA) is 25.8 Å². The molecule has 2 aromatic rings. The largest absolute Gasteiger partial charge is 0.216 e. The summed E-state index contributed by atoms with van der Waals surface area (Å²) in [5, 5.41) is 1.48. The van der Waals surface area contributed by atoms with Crippen molar-refractivity contribution in [2.45, 2.75) is 26.7 Å². The Morgan fingerprint density at radius 1 is 1.00 bits per heavy atom. The minimum absolute atomic E-state index is 0.181. The van der Waals surface area contributed by atoms with Gasteiger partial charge in [-0.25, -0.2) is 9.97 Å². The van der Waals surface area contributed by atoms with Gasteiger partial charge in [-0.2, -0.15) is 0 Å². The van der Waals surface area contributed by atoms with E-state index in [1.165, 1.54) is 0 Å². The lowest BCUT2D eigenvalue weighted by molar-refractivity contribution is 0.848. The van der Waals surface area contributed by atoms with Crippen molar-refractivity contribution >= 4 is 34.8 Å². The van der Waals surface area contributed by atoms with Crippen molar-refractivity contribution in [3.05, 3.63) is 44.7 Å². The molecule has 100 valence electrons. The van der Waals surface area contributed by atoms with Gasteiger partial charge in [0.15, 0.2) is 5.82 Å². The van der Waals surface area contributed by atoms with Crippen LogP contribution in [0.4, 0.5) is 0 Å². The molecule has 0 aliphatic heterocycles. The first-order valence-corrected chi connectivity index (χ1v) is 7.03. The summed E-state index contributed by atoms with van der Waals surface area (Å²) in [6.07, 6.45) is 0. The van der Waals surface area contributed by atoms with Crippen LogP contribution in [0, 0.1) is 6.92 Å². The first-order valence-electron chi connectivity index (χ1n) is 5.89. The van der Waals surface area contributed by atoms with Crippen LogP contribution in [0.15, 0.2) is 18.2 Å². The molecule has 2 rings (SSSR count). The molecule has 0 saturated carbocycles. The van der Waals surface area contributed by atoms with Crippen molar-refractivity contribution in [2.24, 2.45) is 0 Å².